The number of benzene rings is 1. The van der Waals surface area contributed by atoms with E-state index in [1.165, 1.54) is 0 Å². The Morgan fingerprint density at radius 1 is 1.33 bits per heavy atom. The maximum Gasteiger partial charge on any atom is 0.324 e. The Bertz CT molecular complexity index is 650. The lowest BCUT2D eigenvalue weighted by Crippen LogP contribution is -2.49. The summed E-state index contributed by atoms with van der Waals surface area (Å²) in [6.07, 6.45) is 2.98. The molecule has 1 aromatic carbocycles. The molecule has 0 spiro atoms. The number of hydrogen-bond acceptors (Lipinski definition) is 5. The highest BCUT2D eigenvalue weighted by atomic mass is 32.2. The molecule has 9 heteroatoms. The zero-order chi connectivity index (χ0) is 15.6. The van der Waals surface area contributed by atoms with Gasteiger partial charge in [-0.2, -0.15) is 4.39 Å². The van der Waals surface area contributed by atoms with Crippen molar-refractivity contribution in [2.75, 3.05) is 0 Å². The minimum atomic E-state index is -4.20. The quantitative estimate of drug-likeness (QED) is 0.641. The summed E-state index contributed by atoms with van der Waals surface area (Å²) in [5, 5.41) is 10.9. The predicted octanol–water partition coefficient (Wildman–Crippen LogP) is 1.28. The first-order valence-electron chi connectivity index (χ1n) is 6.54. The number of para-hydroxylation sites is 1. The molecule has 0 radical (unpaired) electrons. The second-order valence-corrected chi connectivity index (χ2v) is 6.70. The summed E-state index contributed by atoms with van der Waals surface area (Å²) in [6, 6.07) is 2.15. The second kappa shape index (κ2) is 6.04. The van der Waals surface area contributed by atoms with E-state index in [0.717, 1.165) is 31.0 Å². The van der Waals surface area contributed by atoms with Crippen LogP contribution in [0.25, 0.3) is 0 Å². The van der Waals surface area contributed by atoms with Gasteiger partial charge in [0.2, 0.25) is 15.8 Å². The molecule has 0 bridgehead atoms. The molecule has 0 saturated heterocycles. The van der Waals surface area contributed by atoms with E-state index in [4.69, 9.17) is 5.73 Å². The van der Waals surface area contributed by atoms with E-state index < -0.39 is 37.4 Å². The molecule has 0 heterocycles. The van der Waals surface area contributed by atoms with Crippen molar-refractivity contribution < 1.29 is 17.7 Å². The molecule has 3 N–H and O–H groups in total. The van der Waals surface area contributed by atoms with Crippen LogP contribution in [0.15, 0.2) is 23.1 Å². The van der Waals surface area contributed by atoms with Crippen molar-refractivity contribution in [3.63, 3.8) is 0 Å². The van der Waals surface area contributed by atoms with Crippen molar-refractivity contribution in [3.8, 4) is 0 Å². The van der Waals surface area contributed by atoms with E-state index in [9.17, 15) is 22.9 Å². The van der Waals surface area contributed by atoms with Gasteiger partial charge in [0.05, 0.1) is 4.92 Å². The smallest absolute Gasteiger partial charge is 0.324 e. The molecule has 1 aromatic rings. The molecule has 1 aliphatic rings. The van der Waals surface area contributed by atoms with Crippen molar-refractivity contribution in [2.45, 2.75) is 42.7 Å². The number of rotatable bonds is 4. The number of nitrogens with zero attached hydrogens (tertiary/aromatic N) is 1. The van der Waals surface area contributed by atoms with Gasteiger partial charge in [-0.1, -0.05) is 18.9 Å². The lowest BCUT2D eigenvalue weighted by Gasteiger charge is -2.28. The molecule has 0 aliphatic heterocycles. The van der Waals surface area contributed by atoms with Crippen LogP contribution in [0.4, 0.5) is 10.1 Å². The predicted molar refractivity (Wildman–Crippen MR) is 73.6 cm³/mol. The molecule has 21 heavy (non-hydrogen) atoms. The molecular formula is C12H16FN3O4S. The fourth-order valence-corrected chi connectivity index (χ4v) is 3.96. The summed E-state index contributed by atoms with van der Waals surface area (Å²) >= 11 is 0. The van der Waals surface area contributed by atoms with Crippen LogP contribution in [-0.2, 0) is 10.0 Å². The summed E-state index contributed by atoms with van der Waals surface area (Å²) in [4.78, 5) is 9.18. The molecule has 0 aromatic heterocycles. The molecule has 2 rings (SSSR count). The van der Waals surface area contributed by atoms with Crippen LogP contribution in [0.1, 0.15) is 25.7 Å². The van der Waals surface area contributed by atoms with E-state index in [1.807, 2.05) is 0 Å². The number of sulfonamides is 1. The normalized spacial score (nSPS) is 23.0. The van der Waals surface area contributed by atoms with E-state index in [0.29, 0.717) is 12.8 Å². The number of halogens is 1. The average molecular weight is 317 g/mol. The third kappa shape index (κ3) is 3.36. The number of nitrogens with one attached hydrogen (secondary N) is 1. The fraction of sp³-hybridized carbons (Fsp3) is 0.500. The van der Waals surface area contributed by atoms with E-state index >= 15 is 0 Å². The van der Waals surface area contributed by atoms with E-state index in [1.54, 1.807) is 0 Å². The van der Waals surface area contributed by atoms with Crippen LogP contribution in [0.2, 0.25) is 0 Å². The highest BCUT2D eigenvalue weighted by Gasteiger charge is 2.33. The van der Waals surface area contributed by atoms with Crippen molar-refractivity contribution in [2.24, 2.45) is 5.73 Å². The molecule has 0 amide bonds. The summed E-state index contributed by atoms with van der Waals surface area (Å²) < 4.78 is 40.5. The van der Waals surface area contributed by atoms with Gasteiger partial charge in [0, 0.05) is 12.1 Å². The maximum atomic E-state index is 13.5. The third-order valence-electron chi connectivity index (χ3n) is 3.55. The van der Waals surface area contributed by atoms with Crippen LogP contribution < -0.4 is 10.5 Å². The standard InChI is InChI=1S/C12H16FN3O4S/c13-8-4-3-7-11(12(8)16(17)18)21(19,20)15-10-6-2-1-5-9(10)14/h3-4,7,9-10,15H,1-2,5-6,14H2. The van der Waals surface area contributed by atoms with Gasteiger partial charge >= 0.3 is 5.69 Å². The van der Waals surface area contributed by atoms with Gasteiger partial charge in [-0.3, -0.25) is 10.1 Å². The van der Waals surface area contributed by atoms with Gasteiger partial charge in [0.25, 0.3) is 0 Å². The van der Waals surface area contributed by atoms with Crippen molar-refractivity contribution in [1.82, 2.24) is 4.72 Å². The molecule has 1 aliphatic carbocycles. The van der Waals surface area contributed by atoms with Crippen LogP contribution in [0.3, 0.4) is 0 Å². The largest absolute Gasteiger partial charge is 0.326 e. The summed E-state index contributed by atoms with van der Waals surface area (Å²) in [5.74, 6) is -1.18. The molecule has 1 saturated carbocycles. The van der Waals surface area contributed by atoms with Crippen LogP contribution in [0, 0.1) is 15.9 Å². The molecule has 1 fully saturated rings. The fourth-order valence-electron chi connectivity index (χ4n) is 2.46. The Balaban J connectivity index is 2.36. The van der Waals surface area contributed by atoms with Crippen molar-refractivity contribution in [3.05, 3.63) is 34.1 Å². The first-order valence-corrected chi connectivity index (χ1v) is 8.02. The number of hydrogen-bond donors (Lipinski definition) is 2. The van der Waals surface area contributed by atoms with Crippen molar-refractivity contribution >= 4 is 15.7 Å². The Morgan fingerprint density at radius 3 is 2.62 bits per heavy atom. The Morgan fingerprint density at radius 2 is 2.00 bits per heavy atom. The highest BCUT2D eigenvalue weighted by molar-refractivity contribution is 7.89. The first-order chi connectivity index (χ1) is 9.83. The molecular weight excluding hydrogens is 301 g/mol. The zero-order valence-corrected chi connectivity index (χ0v) is 12.0. The van der Waals surface area contributed by atoms with E-state index in [-0.39, 0.29) is 6.04 Å². The van der Waals surface area contributed by atoms with Crippen molar-refractivity contribution in [1.29, 1.82) is 0 Å². The minimum Gasteiger partial charge on any atom is -0.326 e. The maximum absolute atomic E-state index is 13.5. The summed E-state index contributed by atoms with van der Waals surface area (Å²) in [7, 11) is -4.20. The zero-order valence-electron chi connectivity index (χ0n) is 11.2. The Hall–Kier alpha value is -1.58. The van der Waals surface area contributed by atoms with Gasteiger partial charge in [-0.25, -0.2) is 13.1 Å². The minimum absolute atomic E-state index is 0.346. The molecule has 2 unspecified atom stereocenters. The van der Waals surface area contributed by atoms with Gasteiger partial charge < -0.3 is 5.73 Å². The van der Waals surface area contributed by atoms with E-state index in [2.05, 4.69) is 4.72 Å². The monoisotopic (exact) mass is 317 g/mol. The van der Waals surface area contributed by atoms with Crippen LogP contribution >= 0.6 is 0 Å². The average Bonchev–Trinajstić information content (AvgIpc) is 2.40. The van der Waals surface area contributed by atoms with Gasteiger partial charge in [0.15, 0.2) is 4.90 Å². The number of nitro groups is 1. The third-order valence-corrected chi connectivity index (χ3v) is 5.07. The SMILES string of the molecule is NC1CCCCC1NS(=O)(=O)c1cccc(F)c1[N+](=O)[O-]. The number of nitrogens with two attached hydrogens (primary N) is 1. The van der Waals surface area contributed by atoms with Gasteiger partial charge in [-0.15, -0.1) is 0 Å². The molecule has 7 nitrogen and oxygen atoms in total. The van der Waals surface area contributed by atoms with Crippen LogP contribution in [0.5, 0.6) is 0 Å². The lowest BCUT2D eigenvalue weighted by atomic mass is 9.92. The van der Waals surface area contributed by atoms with Crippen LogP contribution in [-0.4, -0.2) is 25.4 Å². The molecule has 116 valence electrons. The highest BCUT2D eigenvalue weighted by Crippen LogP contribution is 2.27. The van der Waals surface area contributed by atoms with Gasteiger partial charge in [-0.05, 0) is 25.0 Å². The molecule has 2 atom stereocenters. The van der Waals surface area contributed by atoms with Gasteiger partial charge in [0.1, 0.15) is 0 Å². The summed E-state index contributed by atoms with van der Waals surface area (Å²) in [5.41, 5.74) is 4.81. The second-order valence-electron chi connectivity index (χ2n) is 5.02. The first kappa shape index (κ1) is 15.8. The Labute approximate surface area is 121 Å². The topological polar surface area (TPSA) is 115 Å². The number of nitro benzene ring substituents is 1. The summed E-state index contributed by atoms with van der Waals surface area (Å²) in [6.45, 7) is 0. The Kier molecular flexibility index (Phi) is 4.55. The lowest BCUT2D eigenvalue weighted by molar-refractivity contribution is -0.390.